The molecule has 41 heavy (non-hydrogen) atoms. The van der Waals surface area contributed by atoms with E-state index in [2.05, 4.69) is 44.1 Å². The van der Waals surface area contributed by atoms with Gasteiger partial charge in [0, 0.05) is 49.0 Å². The van der Waals surface area contributed by atoms with Gasteiger partial charge in [0.2, 0.25) is 0 Å². The minimum absolute atomic E-state index is 0.184. The number of rotatable bonds is 10. The topological polar surface area (TPSA) is 69.7 Å². The minimum atomic E-state index is -0.302. The standard InChI is InChI=1S/C35H54N2O4/c1-5-25(6-2)37-30(7-3)31-22-26(13-18-36-31)39-19-17-34-14-12-28-27(29(34)10-11-32(34)38)9-8-24-23-35(40-20-21-41-35)16-15-33(24,28)4/h13,18,22,24-25,27-30,37H,5-12,14-17,19-21,23H2,1-4H3/t24?,27?,28?,29?,30?,33-,34+/m0/s1. The van der Waals surface area contributed by atoms with Crippen LogP contribution in [0.25, 0.3) is 0 Å². The first-order valence-electron chi connectivity index (χ1n) is 17.0. The molecule has 4 saturated carbocycles. The zero-order valence-electron chi connectivity index (χ0n) is 26.1. The van der Waals surface area contributed by atoms with E-state index in [0.29, 0.717) is 41.6 Å². The Hall–Kier alpha value is -1.50. The molecule has 1 aromatic rings. The molecule has 1 N–H and O–H groups in total. The second-order valence-electron chi connectivity index (χ2n) is 14.3. The summed E-state index contributed by atoms with van der Waals surface area (Å²) in [6, 6.07) is 4.83. The van der Waals surface area contributed by atoms with E-state index in [9.17, 15) is 4.79 Å². The van der Waals surface area contributed by atoms with E-state index in [1.807, 2.05) is 12.3 Å². The Morgan fingerprint density at radius 1 is 1.02 bits per heavy atom. The molecule has 6 heteroatoms. The zero-order chi connectivity index (χ0) is 28.7. The predicted octanol–water partition coefficient (Wildman–Crippen LogP) is 7.41. The summed E-state index contributed by atoms with van der Waals surface area (Å²) in [5.74, 6) is 3.69. The van der Waals surface area contributed by atoms with E-state index < -0.39 is 0 Å². The highest BCUT2D eigenvalue weighted by Gasteiger charge is 2.63. The Morgan fingerprint density at radius 2 is 1.83 bits per heavy atom. The van der Waals surface area contributed by atoms with Crippen LogP contribution in [0.4, 0.5) is 0 Å². The van der Waals surface area contributed by atoms with Crippen molar-refractivity contribution in [1.29, 1.82) is 0 Å². The first-order chi connectivity index (χ1) is 19.9. The molecule has 5 unspecified atom stereocenters. The van der Waals surface area contributed by atoms with Crippen LogP contribution in [-0.2, 0) is 14.3 Å². The molecule has 5 aliphatic rings. The summed E-state index contributed by atoms with van der Waals surface area (Å²) in [6.07, 6.45) is 15.8. The summed E-state index contributed by atoms with van der Waals surface area (Å²) in [6.45, 7) is 11.4. The fourth-order valence-corrected chi connectivity index (χ4v) is 10.3. The van der Waals surface area contributed by atoms with Crippen molar-refractivity contribution in [1.82, 2.24) is 10.3 Å². The summed E-state index contributed by atoms with van der Waals surface area (Å²) in [4.78, 5) is 18.3. The van der Waals surface area contributed by atoms with Crippen LogP contribution in [-0.4, -0.2) is 42.4 Å². The second-order valence-corrected chi connectivity index (χ2v) is 14.3. The quantitative estimate of drug-likeness (QED) is 0.318. The number of pyridine rings is 1. The number of Topliss-reactive ketones (excluding diaryl/α,β-unsaturated/α-hetero) is 1. The molecular weight excluding hydrogens is 512 g/mol. The van der Waals surface area contributed by atoms with Gasteiger partial charge in [-0.15, -0.1) is 0 Å². The van der Waals surface area contributed by atoms with E-state index in [4.69, 9.17) is 14.2 Å². The lowest BCUT2D eigenvalue weighted by Crippen LogP contribution is -2.56. The van der Waals surface area contributed by atoms with Gasteiger partial charge in [0.05, 0.1) is 25.5 Å². The van der Waals surface area contributed by atoms with Crippen LogP contribution >= 0.6 is 0 Å². The normalized spacial score (nSPS) is 36.7. The van der Waals surface area contributed by atoms with Gasteiger partial charge >= 0.3 is 0 Å². The number of nitrogens with one attached hydrogen (secondary N) is 1. The molecule has 1 saturated heterocycles. The number of fused-ring (bicyclic) bond motifs is 5. The maximum atomic E-state index is 13.6. The number of ether oxygens (including phenoxy) is 3. The molecule has 0 radical (unpaired) electrons. The van der Waals surface area contributed by atoms with Gasteiger partial charge in [-0.1, -0.05) is 27.7 Å². The van der Waals surface area contributed by atoms with Gasteiger partial charge in [0.1, 0.15) is 11.5 Å². The van der Waals surface area contributed by atoms with Crippen molar-refractivity contribution in [2.24, 2.45) is 34.5 Å². The van der Waals surface area contributed by atoms with E-state index in [0.717, 1.165) is 88.4 Å². The molecule has 1 spiro atoms. The largest absolute Gasteiger partial charge is 0.493 e. The fraction of sp³-hybridized carbons (Fsp3) is 0.829. The van der Waals surface area contributed by atoms with Gasteiger partial charge in [0.25, 0.3) is 0 Å². The molecule has 1 aromatic heterocycles. The monoisotopic (exact) mass is 566 g/mol. The Morgan fingerprint density at radius 3 is 2.59 bits per heavy atom. The molecule has 6 rings (SSSR count). The average Bonchev–Trinajstić information content (AvgIpc) is 3.59. The van der Waals surface area contributed by atoms with Gasteiger partial charge in [-0.3, -0.25) is 9.78 Å². The Kier molecular flexibility index (Phi) is 8.57. The van der Waals surface area contributed by atoms with Crippen LogP contribution < -0.4 is 10.1 Å². The lowest BCUT2D eigenvalue weighted by atomic mass is 9.44. The minimum Gasteiger partial charge on any atom is -0.493 e. The van der Waals surface area contributed by atoms with Crippen molar-refractivity contribution in [2.75, 3.05) is 19.8 Å². The maximum absolute atomic E-state index is 13.6. The Balaban J connectivity index is 1.11. The lowest BCUT2D eigenvalue weighted by Gasteiger charge is -2.61. The third-order valence-electron chi connectivity index (χ3n) is 12.7. The second kappa shape index (κ2) is 11.9. The summed E-state index contributed by atoms with van der Waals surface area (Å²) in [5, 5.41) is 3.78. The molecule has 0 aromatic carbocycles. The first-order valence-corrected chi connectivity index (χ1v) is 17.0. The predicted molar refractivity (Wildman–Crippen MR) is 161 cm³/mol. The molecule has 4 aliphatic carbocycles. The molecule has 228 valence electrons. The van der Waals surface area contributed by atoms with Crippen LogP contribution in [0.15, 0.2) is 18.3 Å². The number of carbonyl (C=O) groups is 1. The van der Waals surface area contributed by atoms with Gasteiger partial charge in [0.15, 0.2) is 5.79 Å². The van der Waals surface area contributed by atoms with E-state index >= 15 is 0 Å². The third-order valence-corrected chi connectivity index (χ3v) is 12.7. The molecule has 2 heterocycles. The third kappa shape index (κ3) is 5.29. The average molecular weight is 567 g/mol. The maximum Gasteiger partial charge on any atom is 0.168 e. The van der Waals surface area contributed by atoms with Crippen LogP contribution in [0.1, 0.15) is 123 Å². The van der Waals surface area contributed by atoms with Crippen molar-refractivity contribution >= 4 is 5.78 Å². The van der Waals surface area contributed by atoms with Crippen molar-refractivity contribution in [3.05, 3.63) is 24.0 Å². The summed E-state index contributed by atoms with van der Waals surface area (Å²) in [7, 11) is 0. The van der Waals surface area contributed by atoms with Crippen molar-refractivity contribution in [2.45, 2.75) is 129 Å². The van der Waals surface area contributed by atoms with Crippen molar-refractivity contribution in [3.63, 3.8) is 0 Å². The lowest BCUT2D eigenvalue weighted by molar-refractivity contribution is -0.229. The van der Waals surface area contributed by atoms with Crippen LogP contribution in [0, 0.1) is 34.5 Å². The number of nitrogens with zero attached hydrogens (tertiary/aromatic N) is 1. The van der Waals surface area contributed by atoms with Gasteiger partial charge in [-0.2, -0.15) is 0 Å². The molecule has 1 aliphatic heterocycles. The Bertz CT molecular complexity index is 1070. The number of carbonyl (C=O) groups excluding carboxylic acids is 1. The fourth-order valence-electron chi connectivity index (χ4n) is 10.3. The SMILES string of the molecule is CCC(CC)NC(CC)c1cc(OCC[C@]23CCC4C(CCC5CC6(CC[C@@]54C)OCCO6)C2CCC3=O)ccn1. The number of ketones is 1. The molecule has 5 fully saturated rings. The smallest absolute Gasteiger partial charge is 0.168 e. The highest BCUT2D eigenvalue weighted by atomic mass is 16.7. The van der Waals surface area contributed by atoms with Crippen molar-refractivity contribution in [3.8, 4) is 5.75 Å². The highest BCUT2D eigenvalue weighted by molar-refractivity contribution is 5.87. The van der Waals surface area contributed by atoms with E-state index in [-0.39, 0.29) is 17.2 Å². The molecule has 6 nitrogen and oxygen atoms in total. The summed E-state index contributed by atoms with van der Waals surface area (Å²) >= 11 is 0. The Labute approximate surface area is 248 Å². The van der Waals surface area contributed by atoms with Gasteiger partial charge in [-0.05, 0) is 99.4 Å². The van der Waals surface area contributed by atoms with Crippen LogP contribution in [0.2, 0.25) is 0 Å². The molecule has 0 bridgehead atoms. The van der Waals surface area contributed by atoms with Gasteiger partial charge < -0.3 is 19.5 Å². The number of hydrogen-bond acceptors (Lipinski definition) is 6. The number of aromatic nitrogens is 1. The molecular formula is C35H54N2O4. The number of hydrogen-bond donors (Lipinski definition) is 1. The van der Waals surface area contributed by atoms with E-state index in [1.54, 1.807) is 0 Å². The van der Waals surface area contributed by atoms with Crippen LogP contribution in [0.5, 0.6) is 5.75 Å². The molecule has 7 atom stereocenters. The zero-order valence-corrected chi connectivity index (χ0v) is 26.1. The molecule has 0 amide bonds. The summed E-state index contributed by atoms with van der Waals surface area (Å²) in [5.41, 5.74) is 1.22. The first kappa shape index (κ1) is 29.6. The van der Waals surface area contributed by atoms with Gasteiger partial charge in [-0.25, -0.2) is 0 Å². The van der Waals surface area contributed by atoms with E-state index in [1.165, 1.54) is 25.7 Å². The highest BCUT2D eigenvalue weighted by Crippen LogP contribution is 2.67. The summed E-state index contributed by atoms with van der Waals surface area (Å²) < 4.78 is 18.7. The van der Waals surface area contributed by atoms with Crippen LogP contribution in [0.3, 0.4) is 0 Å². The van der Waals surface area contributed by atoms with Crippen molar-refractivity contribution < 1.29 is 19.0 Å².